The lowest BCUT2D eigenvalue weighted by atomic mass is 10.2. The minimum Gasteiger partial charge on any atom is -0.381 e. The lowest BCUT2D eigenvalue weighted by molar-refractivity contribution is 0.592. The number of nitrogen functional groups attached to an aromatic ring is 1. The zero-order chi connectivity index (χ0) is 14.4. The van der Waals surface area contributed by atoms with Gasteiger partial charge in [-0.15, -0.1) is 5.10 Å². The van der Waals surface area contributed by atoms with Crippen LogP contribution < -0.4 is 5.73 Å². The first-order valence-corrected chi connectivity index (χ1v) is 7.41. The third kappa shape index (κ3) is 1.98. The molecule has 0 aliphatic heterocycles. The van der Waals surface area contributed by atoms with Gasteiger partial charge in [-0.05, 0) is 25.8 Å². The minimum atomic E-state index is 0.527. The number of fused-ring (bicyclic) bond motifs is 1. The zero-order valence-corrected chi connectivity index (χ0v) is 12.0. The highest BCUT2D eigenvalue weighted by molar-refractivity contribution is 5.81. The summed E-state index contributed by atoms with van der Waals surface area (Å²) in [5.41, 5.74) is 9.22. The number of aryl methyl sites for hydroxylation is 1. The number of nitrogens with zero attached hydrogens (tertiary/aromatic N) is 5. The highest BCUT2D eigenvalue weighted by Gasteiger charge is 2.31. The van der Waals surface area contributed by atoms with Crippen LogP contribution in [-0.4, -0.2) is 24.8 Å². The average Bonchev–Trinajstić information content (AvgIpc) is 3.19. The molecule has 21 heavy (non-hydrogen) atoms. The van der Waals surface area contributed by atoms with Crippen LogP contribution in [0.2, 0.25) is 0 Å². The highest BCUT2D eigenvalue weighted by Crippen LogP contribution is 2.42. The molecule has 1 aromatic carbocycles. The van der Waals surface area contributed by atoms with Gasteiger partial charge in [-0.2, -0.15) is 5.10 Å². The van der Waals surface area contributed by atoms with Crippen molar-refractivity contribution < 1.29 is 0 Å². The fourth-order valence-corrected chi connectivity index (χ4v) is 2.92. The van der Waals surface area contributed by atoms with Gasteiger partial charge in [0.25, 0.3) is 0 Å². The molecule has 2 heterocycles. The van der Waals surface area contributed by atoms with Crippen molar-refractivity contribution in [1.82, 2.24) is 24.8 Å². The van der Waals surface area contributed by atoms with Crippen molar-refractivity contribution in [2.45, 2.75) is 38.8 Å². The SMILES string of the molecule is CCn1nc(Cn2nnc(N)c2C2CC2)c2ccccc21. The number of nitrogens with two attached hydrogens (primary N) is 1. The van der Waals surface area contributed by atoms with Crippen LogP contribution in [-0.2, 0) is 13.1 Å². The van der Waals surface area contributed by atoms with Crippen molar-refractivity contribution in [3.05, 3.63) is 35.7 Å². The maximum absolute atomic E-state index is 5.96. The molecule has 0 amide bonds. The number of benzene rings is 1. The Labute approximate surface area is 122 Å². The van der Waals surface area contributed by atoms with Gasteiger partial charge in [0.1, 0.15) is 0 Å². The molecule has 108 valence electrons. The molecule has 1 saturated carbocycles. The van der Waals surface area contributed by atoms with Crippen LogP contribution in [0, 0.1) is 0 Å². The summed E-state index contributed by atoms with van der Waals surface area (Å²) < 4.78 is 3.95. The second kappa shape index (κ2) is 4.58. The summed E-state index contributed by atoms with van der Waals surface area (Å²) in [4.78, 5) is 0. The Morgan fingerprint density at radius 1 is 1.24 bits per heavy atom. The fourth-order valence-electron chi connectivity index (χ4n) is 2.92. The van der Waals surface area contributed by atoms with E-state index in [2.05, 4.69) is 29.4 Å². The van der Waals surface area contributed by atoms with Crippen molar-refractivity contribution >= 4 is 16.7 Å². The normalized spacial score (nSPS) is 14.9. The van der Waals surface area contributed by atoms with E-state index in [0.29, 0.717) is 18.3 Å². The van der Waals surface area contributed by atoms with Crippen molar-refractivity contribution in [3.63, 3.8) is 0 Å². The molecule has 0 saturated heterocycles. The van der Waals surface area contributed by atoms with Crippen LogP contribution in [0.1, 0.15) is 37.1 Å². The largest absolute Gasteiger partial charge is 0.381 e. The Morgan fingerprint density at radius 3 is 2.81 bits per heavy atom. The van der Waals surface area contributed by atoms with Crippen molar-refractivity contribution in [1.29, 1.82) is 0 Å². The summed E-state index contributed by atoms with van der Waals surface area (Å²) in [6.45, 7) is 3.59. The first-order valence-electron chi connectivity index (χ1n) is 7.41. The lowest BCUT2D eigenvalue weighted by Crippen LogP contribution is -2.08. The third-order valence-electron chi connectivity index (χ3n) is 4.10. The number of hydrogen-bond acceptors (Lipinski definition) is 4. The van der Waals surface area contributed by atoms with E-state index in [0.717, 1.165) is 23.4 Å². The minimum absolute atomic E-state index is 0.527. The zero-order valence-electron chi connectivity index (χ0n) is 12.0. The predicted molar refractivity (Wildman–Crippen MR) is 80.9 cm³/mol. The quantitative estimate of drug-likeness (QED) is 0.795. The monoisotopic (exact) mass is 282 g/mol. The summed E-state index contributed by atoms with van der Waals surface area (Å²) in [5.74, 6) is 1.09. The van der Waals surface area contributed by atoms with Gasteiger partial charge in [0, 0.05) is 17.8 Å². The van der Waals surface area contributed by atoms with Gasteiger partial charge < -0.3 is 5.73 Å². The molecular weight excluding hydrogens is 264 g/mol. The molecule has 3 aromatic rings. The highest BCUT2D eigenvalue weighted by atomic mass is 15.5. The van der Waals surface area contributed by atoms with Crippen molar-refractivity contribution in [2.24, 2.45) is 0 Å². The Bertz CT molecular complexity index is 796. The lowest BCUT2D eigenvalue weighted by Gasteiger charge is -2.04. The van der Waals surface area contributed by atoms with Gasteiger partial charge in [0.15, 0.2) is 5.82 Å². The van der Waals surface area contributed by atoms with Crippen LogP contribution in [0.15, 0.2) is 24.3 Å². The van der Waals surface area contributed by atoms with E-state index in [1.807, 2.05) is 21.5 Å². The molecule has 4 rings (SSSR count). The molecule has 6 heteroatoms. The second-order valence-electron chi connectivity index (χ2n) is 5.57. The Morgan fingerprint density at radius 2 is 2.05 bits per heavy atom. The van der Waals surface area contributed by atoms with Crippen molar-refractivity contribution in [3.8, 4) is 0 Å². The van der Waals surface area contributed by atoms with Crippen LogP contribution >= 0.6 is 0 Å². The number of hydrogen-bond donors (Lipinski definition) is 1. The van der Waals surface area contributed by atoms with Crippen LogP contribution in [0.4, 0.5) is 5.82 Å². The van der Waals surface area contributed by atoms with E-state index in [4.69, 9.17) is 10.8 Å². The van der Waals surface area contributed by atoms with E-state index in [1.54, 1.807) is 0 Å². The van der Waals surface area contributed by atoms with E-state index in [9.17, 15) is 0 Å². The number of para-hydroxylation sites is 1. The van der Waals surface area contributed by atoms with Gasteiger partial charge in [0.2, 0.25) is 0 Å². The van der Waals surface area contributed by atoms with Crippen LogP contribution in [0.3, 0.4) is 0 Å². The van der Waals surface area contributed by atoms with E-state index in [-0.39, 0.29) is 0 Å². The molecular formula is C15H18N6. The Kier molecular flexibility index (Phi) is 2.70. The maximum atomic E-state index is 5.96. The third-order valence-corrected chi connectivity index (χ3v) is 4.10. The molecule has 2 aromatic heterocycles. The van der Waals surface area contributed by atoms with E-state index in [1.165, 1.54) is 18.2 Å². The molecule has 0 spiro atoms. The van der Waals surface area contributed by atoms with Gasteiger partial charge in [-0.25, -0.2) is 4.68 Å². The number of anilines is 1. The molecule has 0 atom stereocenters. The van der Waals surface area contributed by atoms with Gasteiger partial charge in [0.05, 0.1) is 23.4 Å². The fraction of sp³-hybridized carbons (Fsp3) is 0.400. The predicted octanol–water partition coefficient (Wildman–Crippen LogP) is 2.16. The molecule has 1 aliphatic carbocycles. The second-order valence-corrected chi connectivity index (χ2v) is 5.57. The topological polar surface area (TPSA) is 74.5 Å². The molecule has 0 bridgehead atoms. The van der Waals surface area contributed by atoms with Gasteiger partial charge in [-0.3, -0.25) is 4.68 Å². The molecule has 0 radical (unpaired) electrons. The summed E-state index contributed by atoms with van der Waals surface area (Å²) in [7, 11) is 0. The summed E-state index contributed by atoms with van der Waals surface area (Å²) in [6.07, 6.45) is 2.36. The first kappa shape index (κ1) is 12.4. The molecule has 0 unspecified atom stereocenters. The standard InChI is InChI=1S/C15H18N6/c1-2-20-13-6-4-3-5-11(13)12(18-20)9-21-14(10-7-8-10)15(16)17-19-21/h3-6,10H,2,7-9,16H2,1H3. The molecule has 6 nitrogen and oxygen atoms in total. The number of rotatable bonds is 4. The summed E-state index contributed by atoms with van der Waals surface area (Å²) >= 11 is 0. The molecule has 1 fully saturated rings. The van der Waals surface area contributed by atoms with Crippen LogP contribution in [0.5, 0.6) is 0 Å². The summed E-state index contributed by atoms with van der Waals surface area (Å²) in [5, 5.41) is 14.1. The Balaban J connectivity index is 1.78. The molecule has 1 aliphatic rings. The van der Waals surface area contributed by atoms with Gasteiger partial charge >= 0.3 is 0 Å². The number of aromatic nitrogens is 5. The van der Waals surface area contributed by atoms with E-state index < -0.39 is 0 Å². The van der Waals surface area contributed by atoms with Crippen molar-refractivity contribution in [2.75, 3.05) is 5.73 Å². The van der Waals surface area contributed by atoms with E-state index >= 15 is 0 Å². The Hall–Kier alpha value is -2.37. The maximum Gasteiger partial charge on any atom is 0.169 e. The first-order chi connectivity index (χ1) is 10.3. The molecule has 2 N–H and O–H groups in total. The average molecular weight is 282 g/mol. The summed E-state index contributed by atoms with van der Waals surface area (Å²) in [6, 6.07) is 8.31. The van der Waals surface area contributed by atoms with Gasteiger partial charge in [-0.1, -0.05) is 23.4 Å². The van der Waals surface area contributed by atoms with Crippen LogP contribution in [0.25, 0.3) is 10.9 Å². The smallest absolute Gasteiger partial charge is 0.169 e.